The van der Waals surface area contributed by atoms with Crippen molar-refractivity contribution in [2.45, 2.75) is 45.8 Å². The zero-order chi connectivity index (χ0) is 15.5. The van der Waals surface area contributed by atoms with Gasteiger partial charge in [0.15, 0.2) is 0 Å². The number of aryl methyl sites for hydroxylation is 2. The molecular formula is C16H24N4OS. The molecule has 3 heterocycles. The van der Waals surface area contributed by atoms with Crippen molar-refractivity contribution in [1.82, 2.24) is 19.8 Å². The lowest BCUT2D eigenvalue weighted by Crippen LogP contribution is -2.36. The first-order valence-electron chi connectivity index (χ1n) is 7.91. The molecule has 0 radical (unpaired) electrons. The van der Waals surface area contributed by atoms with Crippen LogP contribution in [0.5, 0.6) is 0 Å². The molecule has 5 nitrogen and oxygen atoms in total. The zero-order valence-electron chi connectivity index (χ0n) is 13.6. The van der Waals surface area contributed by atoms with Gasteiger partial charge in [-0.2, -0.15) is 0 Å². The van der Waals surface area contributed by atoms with Gasteiger partial charge >= 0.3 is 0 Å². The van der Waals surface area contributed by atoms with Crippen LogP contribution in [0.2, 0.25) is 0 Å². The van der Waals surface area contributed by atoms with E-state index >= 15 is 0 Å². The van der Waals surface area contributed by atoms with Gasteiger partial charge in [0.1, 0.15) is 5.76 Å². The summed E-state index contributed by atoms with van der Waals surface area (Å²) in [7, 11) is 2.19. The summed E-state index contributed by atoms with van der Waals surface area (Å²) < 4.78 is 5.68. The Morgan fingerprint density at radius 1 is 1.45 bits per heavy atom. The molecule has 0 spiro atoms. The molecule has 120 valence electrons. The van der Waals surface area contributed by atoms with Gasteiger partial charge in [0.05, 0.1) is 23.4 Å². The molecule has 0 amide bonds. The van der Waals surface area contributed by atoms with E-state index in [9.17, 15) is 0 Å². The predicted octanol–water partition coefficient (Wildman–Crippen LogP) is 2.71. The number of hydrogen-bond donors (Lipinski definition) is 0. The Bertz CT molecular complexity index is 609. The van der Waals surface area contributed by atoms with Gasteiger partial charge in [-0.3, -0.25) is 4.90 Å². The number of hydrogen-bond acceptors (Lipinski definition) is 6. The highest BCUT2D eigenvalue weighted by Crippen LogP contribution is 2.21. The van der Waals surface area contributed by atoms with Gasteiger partial charge in [-0.15, -0.1) is 11.3 Å². The highest BCUT2D eigenvalue weighted by Gasteiger charge is 2.27. The van der Waals surface area contributed by atoms with Gasteiger partial charge < -0.3 is 9.32 Å². The number of rotatable bonds is 6. The molecule has 0 bridgehead atoms. The molecule has 0 N–H and O–H groups in total. The van der Waals surface area contributed by atoms with Crippen LogP contribution in [-0.4, -0.2) is 45.9 Å². The summed E-state index contributed by atoms with van der Waals surface area (Å²) >= 11 is 1.76. The van der Waals surface area contributed by atoms with E-state index in [1.165, 1.54) is 17.1 Å². The molecule has 3 rings (SSSR count). The molecule has 6 heteroatoms. The van der Waals surface area contributed by atoms with Crippen LogP contribution < -0.4 is 0 Å². The van der Waals surface area contributed by atoms with Crippen molar-refractivity contribution in [2.24, 2.45) is 0 Å². The zero-order valence-corrected chi connectivity index (χ0v) is 14.4. The van der Waals surface area contributed by atoms with E-state index < -0.39 is 0 Å². The molecule has 22 heavy (non-hydrogen) atoms. The van der Waals surface area contributed by atoms with Gasteiger partial charge in [0.2, 0.25) is 5.89 Å². The van der Waals surface area contributed by atoms with Crippen LogP contribution in [-0.2, 0) is 19.5 Å². The van der Waals surface area contributed by atoms with Crippen LogP contribution in [0.1, 0.15) is 35.7 Å². The van der Waals surface area contributed by atoms with Crippen molar-refractivity contribution < 1.29 is 4.42 Å². The summed E-state index contributed by atoms with van der Waals surface area (Å²) in [6, 6.07) is 0.545. The van der Waals surface area contributed by atoms with E-state index in [1.54, 1.807) is 17.5 Å². The van der Waals surface area contributed by atoms with Crippen molar-refractivity contribution in [3.05, 3.63) is 33.9 Å². The second-order valence-electron chi connectivity index (χ2n) is 6.06. The molecule has 1 aliphatic heterocycles. The highest BCUT2D eigenvalue weighted by molar-refractivity contribution is 7.09. The lowest BCUT2D eigenvalue weighted by molar-refractivity contribution is 0.161. The van der Waals surface area contributed by atoms with Gasteiger partial charge in [-0.1, -0.05) is 6.92 Å². The largest absolute Gasteiger partial charge is 0.445 e. The van der Waals surface area contributed by atoms with Crippen molar-refractivity contribution in [2.75, 3.05) is 20.1 Å². The van der Waals surface area contributed by atoms with Gasteiger partial charge in [0, 0.05) is 24.5 Å². The minimum Gasteiger partial charge on any atom is -0.445 e. The Hall–Kier alpha value is -1.24. The topological polar surface area (TPSA) is 45.4 Å². The van der Waals surface area contributed by atoms with E-state index in [2.05, 4.69) is 34.1 Å². The first kappa shape index (κ1) is 15.6. The Morgan fingerprint density at radius 2 is 2.32 bits per heavy atom. The average molecular weight is 320 g/mol. The van der Waals surface area contributed by atoms with Crippen molar-refractivity contribution >= 4 is 11.3 Å². The summed E-state index contributed by atoms with van der Waals surface area (Å²) in [5, 5.41) is 3.40. The van der Waals surface area contributed by atoms with Crippen molar-refractivity contribution in [3.63, 3.8) is 0 Å². The summed E-state index contributed by atoms with van der Waals surface area (Å²) in [5.74, 6) is 1.68. The second-order valence-corrected chi connectivity index (χ2v) is 7.00. The number of oxazole rings is 1. The SMILES string of the molecule is CCc1nc(CN(Cc2ncc(C)o2)C2CCN(C)C2)cs1. The van der Waals surface area contributed by atoms with E-state index in [1.807, 2.05) is 6.92 Å². The minimum absolute atomic E-state index is 0.545. The maximum atomic E-state index is 5.68. The van der Waals surface area contributed by atoms with Crippen LogP contribution in [0.15, 0.2) is 16.0 Å². The summed E-state index contributed by atoms with van der Waals surface area (Å²) in [6.07, 6.45) is 4.00. The van der Waals surface area contributed by atoms with Gasteiger partial charge in [-0.25, -0.2) is 9.97 Å². The van der Waals surface area contributed by atoms with Crippen LogP contribution >= 0.6 is 11.3 Å². The monoisotopic (exact) mass is 320 g/mol. The maximum Gasteiger partial charge on any atom is 0.208 e. The Morgan fingerprint density at radius 3 is 2.91 bits per heavy atom. The standard InChI is InChI=1S/C16H24N4OS/c1-4-16-18-13(11-22-16)8-20(14-5-6-19(3)9-14)10-15-17-7-12(2)21-15/h7,11,14H,4-6,8-10H2,1-3H3. The average Bonchev–Trinajstić information content (AvgIpc) is 3.20. The van der Waals surface area contributed by atoms with E-state index in [0.29, 0.717) is 6.04 Å². The molecule has 0 aliphatic carbocycles. The lowest BCUT2D eigenvalue weighted by atomic mass is 10.2. The van der Waals surface area contributed by atoms with Crippen LogP contribution in [0.4, 0.5) is 0 Å². The van der Waals surface area contributed by atoms with Crippen LogP contribution in [0, 0.1) is 6.92 Å². The summed E-state index contributed by atoms with van der Waals surface area (Å²) in [4.78, 5) is 13.9. The Balaban J connectivity index is 1.73. The molecule has 1 unspecified atom stereocenters. The molecule has 1 aliphatic rings. The molecular weight excluding hydrogens is 296 g/mol. The normalized spacial score (nSPS) is 19.4. The van der Waals surface area contributed by atoms with Gasteiger partial charge in [-0.05, 0) is 33.4 Å². The quantitative estimate of drug-likeness (QED) is 0.819. The molecule has 2 aromatic heterocycles. The van der Waals surface area contributed by atoms with Crippen molar-refractivity contribution in [1.29, 1.82) is 0 Å². The van der Waals surface area contributed by atoms with Gasteiger partial charge in [0.25, 0.3) is 0 Å². The fourth-order valence-corrected chi connectivity index (χ4v) is 3.70. The number of nitrogens with zero attached hydrogens (tertiary/aromatic N) is 4. The molecule has 1 saturated heterocycles. The number of likely N-dealkylation sites (N-methyl/N-ethyl adjacent to an activating group) is 1. The molecule has 2 aromatic rings. The fraction of sp³-hybridized carbons (Fsp3) is 0.625. The predicted molar refractivity (Wildman–Crippen MR) is 87.9 cm³/mol. The first-order valence-corrected chi connectivity index (χ1v) is 8.79. The summed E-state index contributed by atoms with van der Waals surface area (Å²) in [5.41, 5.74) is 1.17. The summed E-state index contributed by atoms with van der Waals surface area (Å²) in [6.45, 7) is 7.98. The number of aromatic nitrogens is 2. The van der Waals surface area contributed by atoms with E-state index in [0.717, 1.165) is 44.3 Å². The third kappa shape index (κ3) is 3.74. The van der Waals surface area contributed by atoms with Crippen molar-refractivity contribution in [3.8, 4) is 0 Å². The fourth-order valence-electron chi connectivity index (χ4n) is 2.96. The molecule has 1 fully saturated rings. The number of thiazole rings is 1. The Kier molecular flexibility index (Phi) is 4.90. The smallest absolute Gasteiger partial charge is 0.208 e. The molecule has 0 saturated carbocycles. The lowest BCUT2D eigenvalue weighted by Gasteiger charge is -2.26. The Labute approximate surface area is 136 Å². The molecule has 0 aromatic carbocycles. The van der Waals surface area contributed by atoms with Crippen LogP contribution in [0.3, 0.4) is 0 Å². The molecule has 1 atom stereocenters. The minimum atomic E-state index is 0.545. The van der Waals surface area contributed by atoms with E-state index in [4.69, 9.17) is 9.40 Å². The second kappa shape index (κ2) is 6.89. The number of likely N-dealkylation sites (tertiary alicyclic amines) is 1. The maximum absolute atomic E-state index is 5.68. The highest BCUT2D eigenvalue weighted by atomic mass is 32.1. The third-order valence-electron chi connectivity index (χ3n) is 4.16. The third-order valence-corrected chi connectivity index (χ3v) is 5.20. The van der Waals surface area contributed by atoms with E-state index in [-0.39, 0.29) is 0 Å². The first-order chi connectivity index (χ1) is 10.6. The van der Waals surface area contributed by atoms with Crippen LogP contribution in [0.25, 0.3) is 0 Å².